The summed E-state index contributed by atoms with van der Waals surface area (Å²) in [4.78, 5) is 3.85. The summed E-state index contributed by atoms with van der Waals surface area (Å²) in [6.45, 7) is 4.71. The third kappa shape index (κ3) is 3.51. The minimum absolute atomic E-state index is 0.231. The first-order valence-corrected chi connectivity index (χ1v) is 6.04. The Balaban J connectivity index is 2.96. The molecule has 0 saturated carbocycles. The number of rotatable bonds is 3. The van der Waals surface area contributed by atoms with Gasteiger partial charge in [-0.1, -0.05) is 43.1 Å². The van der Waals surface area contributed by atoms with Crippen molar-refractivity contribution in [1.82, 2.24) is 5.32 Å². The predicted molar refractivity (Wildman–Crippen MR) is 75.0 cm³/mol. The highest BCUT2D eigenvalue weighted by Crippen LogP contribution is 2.35. The van der Waals surface area contributed by atoms with Gasteiger partial charge in [-0.2, -0.15) is 0 Å². The van der Waals surface area contributed by atoms with Crippen molar-refractivity contribution in [2.75, 3.05) is 13.6 Å². The second kappa shape index (κ2) is 5.61. The molecule has 0 aliphatic rings. The van der Waals surface area contributed by atoms with E-state index in [1.54, 1.807) is 7.05 Å². The van der Waals surface area contributed by atoms with Crippen LogP contribution in [-0.2, 0) is 5.41 Å². The number of nitrogens with one attached hydrogen (secondary N) is 1. The highest BCUT2D eigenvalue weighted by atomic mass is 35.5. The first-order chi connectivity index (χ1) is 7.88. The molecule has 0 bridgehead atoms. The average molecular weight is 274 g/mol. The molecule has 17 heavy (non-hydrogen) atoms. The van der Waals surface area contributed by atoms with E-state index < -0.39 is 0 Å². The quantitative estimate of drug-likeness (QED) is 0.657. The fraction of sp³-hybridized carbons (Fsp3) is 0.417. The molecule has 1 rings (SSSR count). The third-order valence-electron chi connectivity index (χ3n) is 2.59. The van der Waals surface area contributed by atoms with Crippen molar-refractivity contribution in [3.8, 4) is 0 Å². The molecule has 3 nitrogen and oxygen atoms in total. The summed E-state index contributed by atoms with van der Waals surface area (Å²) in [6, 6.07) is 5.50. The van der Waals surface area contributed by atoms with Gasteiger partial charge in [-0.3, -0.25) is 4.99 Å². The van der Waals surface area contributed by atoms with E-state index in [0.29, 0.717) is 22.5 Å². The van der Waals surface area contributed by atoms with Crippen LogP contribution in [0, 0.1) is 0 Å². The second-order valence-corrected chi connectivity index (χ2v) is 5.26. The molecule has 0 fully saturated rings. The van der Waals surface area contributed by atoms with Crippen molar-refractivity contribution < 1.29 is 0 Å². The van der Waals surface area contributed by atoms with Crippen LogP contribution in [0.25, 0.3) is 0 Å². The fourth-order valence-corrected chi connectivity index (χ4v) is 2.53. The molecule has 1 aromatic carbocycles. The molecule has 0 aromatic heterocycles. The summed E-state index contributed by atoms with van der Waals surface area (Å²) in [5.74, 6) is 0.404. The lowest BCUT2D eigenvalue weighted by atomic mass is 9.84. The van der Waals surface area contributed by atoms with Crippen LogP contribution in [0.1, 0.15) is 19.4 Å². The number of halogens is 2. The van der Waals surface area contributed by atoms with E-state index in [-0.39, 0.29) is 5.41 Å². The maximum absolute atomic E-state index is 6.19. The lowest BCUT2D eigenvalue weighted by Crippen LogP contribution is -2.40. The van der Waals surface area contributed by atoms with E-state index in [1.807, 2.05) is 18.2 Å². The Morgan fingerprint density at radius 1 is 1.35 bits per heavy atom. The van der Waals surface area contributed by atoms with Crippen molar-refractivity contribution >= 4 is 29.2 Å². The summed E-state index contributed by atoms with van der Waals surface area (Å²) >= 11 is 12.4. The number of hydrogen-bond acceptors (Lipinski definition) is 1. The number of guanidine groups is 1. The third-order valence-corrected chi connectivity index (χ3v) is 3.22. The molecule has 0 heterocycles. The Labute approximate surface area is 112 Å². The smallest absolute Gasteiger partial charge is 0.188 e. The van der Waals surface area contributed by atoms with Crippen LogP contribution in [0.15, 0.2) is 23.2 Å². The summed E-state index contributed by atoms with van der Waals surface area (Å²) in [5.41, 5.74) is 6.29. The van der Waals surface area contributed by atoms with Crippen LogP contribution >= 0.6 is 23.2 Å². The number of hydrogen-bond donors (Lipinski definition) is 2. The van der Waals surface area contributed by atoms with Gasteiger partial charge in [0.1, 0.15) is 0 Å². The normalized spacial score (nSPS) is 12.6. The van der Waals surface area contributed by atoms with Gasteiger partial charge in [0.25, 0.3) is 0 Å². The van der Waals surface area contributed by atoms with E-state index in [9.17, 15) is 0 Å². The van der Waals surface area contributed by atoms with Crippen LogP contribution < -0.4 is 11.1 Å². The molecule has 0 amide bonds. The van der Waals surface area contributed by atoms with Crippen molar-refractivity contribution in [1.29, 1.82) is 0 Å². The van der Waals surface area contributed by atoms with Gasteiger partial charge in [-0.15, -0.1) is 0 Å². The van der Waals surface area contributed by atoms with Crippen LogP contribution in [0.2, 0.25) is 10.0 Å². The number of benzene rings is 1. The van der Waals surface area contributed by atoms with E-state index in [2.05, 4.69) is 24.2 Å². The highest BCUT2D eigenvalue weighted by Gasteiger charge is 2.25. The van der Waals surface area contributed by atoms with Gasteiger partial charge in [0.15, 0.2) is 5.96 Å². The van der Waals surface area contributed by atoms with E-state index in [4.69, 9.17) is 28.9 Å². The van der Waals surface area contributed by atoms with E-state index in [0.717, 1.165) is 5.56 Å². The SMILES string of the molecule is CN=C(N)NCC(C)(C)c1c(Cl)cccc1Cl. The van der Waals surface area contributed by atoms with Gasteiger partial charge in [-0.05, 0) is 17.7 Å². The maximum Gasteiger partial charge on any atom is 0.188 e. The molecule has 0 radical (unpaired) electrons. The topological polar surface area (TPSA) is 50.4 Å². The summed E-state index contributed by atoms with van der Waals surface area (Å²) < 4.78 is 0. The molecule has 1 aromatic rings. The largest absolute Gasteiger partial charge is 0.370 e. The van der Waals surface area contributed by atoms with E-state index >= 15 is 0 Å². The Morgan fingerprint density at radius 3 is 2.35 bits per heavy atom. The predicted octanol–water partition coefficient (Wildman–Crippen LogP) is 2.81. The van der Waals surface area contributed by atoms with Gasteiger partial charge >= 0.3 is 0 Å². The van der Waals surface area contributed by atoms with Gasteiger partial charge in [-0.25, -0.2) is 0 Å². The van der Waals surface area contributed by atoms with Gasteiger partial charge in [0.05, 0.1) is 0 Å². The van der Waals surface area contributed by atoms with Crippen LogP contribution in [0.5, 0.6) is 0 Å². The fourth-order valence-electron chi connectivity index (χ4n) is 1.62. The zero-order chi connectivity index (χ0) is 13.1. The molecule has 0 aliphatic carbocycles. The van der Waals surface area contributed by atoms with Crippen LogP contribution in [-0.4, -0.2) is 19.6 Å². The lowest BCUT2D eigenvalue weighted by Gasteiger charge is -2.28. The van der Waals surface area contributed by atoms with Crippen molar-refractivity contribution in [3.05, 3.63) is 33.8 Å². The molecule has 3 N–H and O–H groups in total. The molecule has 0 atom stereocenters. The van der Waals surface area contributed by atoms with Gasteiger partial charge in [0, 0.05) is 29.1 Å². The van der Waals surface area contributed by atoms with E-state index in [1.165, 1.54) is 0 Å². The number of aliphatic imine (C=N–C) groups is 1. The molecule has 0 aliphatic heterocycles. The Morgan fingerprint density at radius 2 is 1.88 bits per heavy atom. The number of nitrogens with two attached hydrogens (primary N) is 1. The average Bonchev–Trinajstić information content (AvgIpc) is 2.25. The Bertz CT molecular complexity index is 408. The molecular formula is C12H17Cl2N3. The maximum atomic E-state index is 6.19. The minimum atomic E-state index is -0.231. The van der Waals surface area contributed by atoms with Gasteiger partial charge < -0.3 is 11.1 Å². The monoisotopic (exact) mass is 273 g/mol. The lowest BCUT2D eigenvalue weighted by molar-refractivity contribution is 0.512. The second-order valence-electron chi connectivity index (χ2n) is 4.44. The summed E-state index contributed by atoms with van der Waals surface area (Å²) in [6.07, 6.45) is 0. The molecular weight excluding hydrogens is 257 g/mol. The zero-order valence-electron chi connectivity index (χ0n) is 10.2. The molecule has 0 spiro atoms. The molecule has 0 unspecified atom stereocenters. The highest BCUT2D eigenvalue weighted by molar-refractivity contribution is 6.36. The molecule has 5 heteroatoms. The zero-order valence-corrected chi connectivity index (χ0v) is 11.7. The Kier molecular flexibility index (Phi) is 4.66. The summed E-state index contributed by atoms with van der Waals surface area (Å²) in [7, 11) is 1.64. The minimum Gasteiger partial charge on any atom is -0.370 e. The Hall–Kier alpha value is -0.930. The number of nitrogens with zero attached hydrogens (tertiary/aromatic N) is 1. The van der Waals surface area contributed by atoms with Crippen molar-refractivity contribution in [2.24, 2.45) is 10.7 Å². The molecule has 0 saturated heterocycles. The van der Waals surface area contributed by atoms with Crippen molar-refractivity contribution in [3.63, 3.8) is 0 Å². The van der Waals surface area contributed by atoms with Crippen molar-refractivity contribution in [2.45, 2.75) is 19.3 Å². The first-order valence-electron chi connectivity index (χ1n) is 5.29. The molecule has 94 valence electrons. The first kappa shape index (κ1) is 14.1. The summed E-state index contributed by atoms with van der Waals surface area (Å²) in [5, 5.41) is 4.36. The van der Waals surface area contributed by atoms with Crippen LogP contribution in [0.3, 0.4) is 0 Å². The standard InChI is InChI=1S/C12H17Cl2N3/c1-12(2,7-17-11(15)16-3)10-8(13)5-4-6-9(10)14/h4-6H,7H2,1-3H3,(H3,15,16,17). The van der Waals surface area contributed by atoms with Crippen LogP contribution in [0.4, 0.5) is 0 Å². The van der Waals surface area contributed by atoms with Gasteiger partial charge in [0.2, 0.25) is 0 Å².